The van der Waals surface area contributed by atoms with Gasteiger partial charge < -0.3 is 14.6 Å². The number of halogens is 2. The van der Waals surface area contributed by atoms with E-state index >= 15 is 0 Å². The second kappa shape index (κ2) is 5.80. The van der Waals surface area contributed by atoms with E-state index in [2.05, 4.69) is 62.3 Å². The van der Waals surface area contributed by atoms with Crippen molar-refractivity contribution in [3.63, 3.8) is 0 Å². The van der Waals surface area contributed by atoms with Crippen molar-refractivity contribution >= 4 is 62.1 Å². The molecule has 0 aliphatic rings. The standard InChI is InChI=1S/C14H16I2N2O2/c1-18(2,3)12(14(19)20)4-8-7-17-13-10(8)5-9(15)6-11(13)16/h5-7,12,17H,4H2,1-3H3/p+1. The van der Waals surface area contributed by atoms with E-state index in [0.717, 1.165) is 23.6 Å². The molecule has 0 saturated heterocycles. The minimum Gasteiger partial charge on any atom is -0.477 e. The minimum absolute atomic E-state index is 0.406. The summed E-state index contributed by atoms with van der Waals surface area (Å²) in [5, 5.41) is 10.6. The van der Waals surface area contributed by atoms with Crippen LogP contribution in [0.15, 0.2) is 18.3 Å². The van der Waals surface area contributed by atoms with Gasteiger partial charge in [-0.3, -0.25) is 0 Å². The zero-order valence-electron chi connectivity index (χ0n) is 11.6. The highest BCUT2D eigenvalue weighted by Crippen LogP contribution is 2.27. The highest BCUT2D eigenvalue weighted by molar-refractivity contribution is 14.1. The van der Waals surface area contributed by atoms with Crippen molar-refractivity contribution < 1.29 is 14.4 Å². The van der Waals surface area contributed by atoms with Gasteiger partial charge in [0.05, 0.1) is 26.7 Å². The number of nitrogens with zero attached hydrogens (tertiary/aromatic N) is 1. The van der Waals surface area contributed by atoms with Gasteiger partial charge in [-0.25, -0.2) is 4.79 Å². The molecule has 2 N–H and O–H groups in total. The molecule has 20 heavy (non-hydrogen) atoms. The summed E-state index contributed by atoms with van der Waals surface area (Å²) in [6, 6.07) is 3.76. The lowest BCUT2D eigenvalue weighted by Crippen LogP contribution is -2.51. The van der Waals surface area contributed by atoms with E-state index in [1.165, 1.54) is 0 Å². The van der Waals surface area contributed by atoms with Gasteiger partial charge in [-0.05, 0) is 62.9 Å². The van der Waals surface area contributed by atoms with Gasteiger partial charge in [0.15, 0.2) is 6.04 Å². The molecule has 2 aromatic rings. The quantitative estimate of drug-likeness (QED) is 0.503. The number of quaternary nitrogens is 1. The van der Waals surface area contributed by atoms with Gasteiger partial charge in [0.2, 0.25) is 0 Å². The van der Waals surface area contributed by atoms with Crippen LogP contribution >= 0.6 is 45.2 Å². The van der Waals surface area contributed by atoms with Gasteiger partial charge >= 0.3 is 5.97 Å². The molecule has 2 rings (SSSR count). The topological polar surface area (TPSA) is 53.1 Å². The fourth-order valence-corrected chi connectivity index (χ4v) is 4.28. The summed E-state index contributed by atoms with van der Waals surface area (Å²) in [6.45, 7) is 0. The zero-order chi connectivity index (χ0) is 15.1. The molecule has 0 aliphatic carbocycles. The van der Waals surface area contributed by atoms with Gasteiger partial charge in [-0.15, -0.1) is 0 Å². The first-order valence-electron chi connectivity index (χ1n) is 6.19. The van der Waals surface area contributed by atoms with Crippen LogP contribution in [0.3, 0.4) is 0 Å². The van der Waals surface area contributed by atoms with Crippen LogP contribution in [0.2, 0.25) is 0 Å². The predicted octanol–water partition coefficient (Wildman–Crippen LogP) is 3.08. The molecule has 1 aromatic carbocycles. The highest BCUT2D eigenvalue weighted by Gasteiger charge is 2.32. The molecular formula is C14H17I2N2O2+. The fraction of sp³-hybridized carbons (Fsp3) is 0.357. The van der Waals surface area contributed by atoms with Crippen molar-refractivity contribution in [3.8, 4) is 0 Å². The molecule has 0 saturated carbocycles. The lowest BCUT2D eigenvalue weighted by Gasteiger charge is -2.31. The first-order chi connectivity index (χ1) is 9.20. The van der Waals surface area contributed by atoms with Crippen LogP contribution in [-0.2, 0) is 11.2 Å². The molecule has 0 aliphatic heterocycles. The number of likely N-dealkylation sites (N-methyl/N-ethyl adjacent to an activating group) is 1. The molecule has 0 amide bonds. The molecule has 0 fully saturated rings. The maximum atomic E-state index is 11.5. The predicted molar refractivity (Wildman–Crippen MR) is 96.9 cm³/mol. The number of aromatic nitrogens is 1. The molecule has 1 unspecified atom stereocenters. The number of rotatable bonds is 4. The van der Waals surface area contributed by atoms with Crippen LogP contribution in [0.1, 0.15) is 5.56 Å². The summed E-state index contributed by atoms with van der Waals surface area (Å²) in [7, 11) is 5.75. The molecule has 6 heteroatoms. The summed E-state index contributed by atoms with van der Waals surface area (Å²) >= 11 is 4.60. The molecule has 1 heterocycles. The van der Waals surface area contributed by atoms with Crippen molar-refractivity contribution in [1.29, 1.82) is 0 Å². The van der Waals surface area contributed by atoms with Crippen LogP contribution < -0.4 is 0 Å². The van der Waals surface area contributed by atoms with Crippen LogP contribution in [0.4, 0.5) is 0 Å². The number of aromatic amines is 1. The van der Waals surface area contributed by atoms with E-state index in [1.807, 2.05) is 27.3 Å². The van der Waals surface area contributed by atoms with Gasteiger partial charge in [-0.1, -0.05) is 0 Å². The summed E-state index contributed by atoms with van der Waals surface area (Å²) in [6.07, 6.45) is 2.46. The molecule has 1 atom stereocenters. The number of carbonyl (C=O) groups is 1. The molecule has 0 spiro atoms. The fourth-order valence-electron chi connectivity index (χ4n) is 2.28. The maximum absolute atomic E-state index is 11.5. The zero-order valence-corrected chi connectivity index (χ0v) is 15.9. The molecule has 0 radical (unpaired) electrons. The Kier molecular flexibility index (Phi) is 4.65. The summed E-state index contributed by atoms with van der Waals surface area (Å²) in [4.78, 5) is 14.8. The Labute approximate surface area is 145 Å². The molecule has 0 bridgehead atoms. The molecular weight excluding hydrogens is 482 g/mol. The van der Waals surface area contributed by atoms with Gasteiger partial charge in [0.1, 0.15) is 0 Å². The Hall–Kier alpha value is -0.350. The van der Waals surface area contributed by atoms with Gasteiger partial charge in [0.25, 0.3) is 0 Å². The summed E-state index contributed by atoms with van der Waals surface area (Å²) in [5.74, 6) is -0.757. The lowest BCUT2D eigenvalue weighted by molar-refractivity contribution is -0.887. The number of carboxylic acids is 1. The number of fused-ring (bicyclic) bond motifs is 1. The largest absolute Gasteiger partial charge is 0.477 e. The van der Waals surface area contributed by atoms with Crippen LogP contribution in [-0.4, -0.2) is 47.7 Å². The van der Waals surface area contributed by atoms with Crippen molar-refractivity contribution in [2.45, 2.75) is 12.5 Å². The lowest BCUT2D eigenvalue weighted by atomic mass is 10.0. The van der Waals surface area contributed by atoms with Gasteiger partial charge in [-0.2, -0.15) is 0 Å². The van der Waals surface area contributed by atoms with E-state index in [0.29, 0.717) is 10.9 Å². The second-order valence-electron chi connectivity index (χ2n) is 5.80. The molecule has 4 nitrogen and oxygen atoms in total. The SMILES string of the molecule is C[N+](C)(C)C(Cc1c[nH]c2c(I)cc(I)cc12)C(=O)O. The third-order valence-corrected chi connectivity index (χ3v) is 4.90. The number of carboxylic acid groups (broad SMARTS) is 1. The first kappa shape index (κ1) is 16.0. The highest BCUT2D eigenvalue weighted by atomic mass is 127. The van der Waals surface area contributed by atoms with E-state index in [9.17, 15) is 9.90 Å². The number of aliphatic carboxylic acids is 1. The van der Waals surface area contributed by atoms with E-state index in [4.69, 9.17) is 0 Å². The first-order valence-corrected chi connectivity index (χ1v) is 8.35. The monoisotopic (exact) mass is 499 g/mol. The van der Waals surface area contributed by atoms with Gasteiger partial charge in [0, 0.05) is 25.1 Å². The Morgan fingerprint density at radius 2 is 2.00 bits per heavy atom. The van der Waals surface area contributed by atoms with E-state index in [1.54, 1.807) is 0 Å². The smallest absolute Gasteiger partial charge is 0.362 e. The van der Waals surface area contributed by atoms with Crippen LogP contribution in [0.5, 0.6) is 0 Å². The summed E-state index contributed by atoms with van der Waals surface area (Å²) in [5.41, 5.74) is 2.16. The van der Waals surface area contributed by atoms with Crippen molar-refractivity contribution in [1.82, 2.24) is 4.98 Å². The average molecular weight is 499 g/mol. The molecule has 108 valence electrons. The van der Waals surface area contributed by atoms with Crippen LogP contribution in [0, 0.1) is 7.14 Å². The Bertz CT molecular complexity index is 659. The summed E-state index contributed by atoms with van der Waals surface area (Å²) < 4.78 is 2.73. The number of H-pyrrole nitrogens is 1. The van der Waals surface area contributed by atoms with Crippen LogP contribution in [0.25, 0.3) is 10.9 Å². The molecule has 1 aromatic heterocycles. The number of benzene rings is 1. The third kappa shape index (κ3) is 3.28. The third-order valence-electron chi connectivity index (χ3n) is 3.43. The number of hydrogen-bond donors (Lipinski definition) is 2. The minimum atomic E-state index is -0.757. The van der Waals surface area contributed by atoms with Crippen molar-refractivity contribution in [3.05, 3.63) is 31.0 Å². The van der Waals surface area contributed by atoms with E-state index < -0.39 is 12.0 Å². The average Bonchev–Trinajstić information content (AvgIpc) is 2.67. The number of hydrogen-bond acceptors (Lipinski definition) is 1. The van der Waals surface area contributed by atoms with Crippen molar-refractivity contribution in [2.75, 3.05) is 21.1 Å². The Morgan fingerprint density at radius 3 is 2.55 bits per heavy atom. The maximum Gasteiger partial charge on any atom is 0.362 e. The number of nitrogens with one attached hydrogen (secondary N) is 1. The van der Waals surface area contributed by atoms with E-state index in [-0.39, 0.29) is 0 Å². The Morgan fingerprint density at radius 1 is 1.35 bits per heavy atom. The normalized spacial score (nSPS) is 13.7. The van der Waals surface area contributed by atoms with Crippen molar-refractivity contribution in [2.24, 2.45) is 0 Å². The Balaban J connectivity index is 2.46. The second-order valence-corrected chi connectivity index (χ2v) is 8.21.